The Morgan fingerprint density at radius 3 is 2.61 bits per heavy atom. The van der Waals surface area contributed by atoms with Crippen molar-refractivity contribution in [3.8, 4) is 5.75 Å². The Bertz CT molecular complexity index is 913. The maximum Gasteiger partial charge on any atom is 0.130 e. The van der Waals surface area contributed by atoms with Crippen molar-refractivity contribution in [2.75, 3.05) is 51.7 Å². The molecule has 31 heavy (non-hydrogen) atoms. The quantitative estimate of drug-likeness (QED) is 0.670. The van der Waals surface area contributed by atoms with Crippen LogP contribution in [0.3, 0.4) is 0 Å². The summed E-state index contributed by atoms with van der Waals surface area (Å²) in [5.74, 6) is 2.14. The van der Waals surface area contributed by atoms with E-state index in [0.29, 0.717) is 6.04 Å². The molecule has 2 aromatic rings. The van der Waals surface area contributed by atoms with Gasteiger partial charge < -0.3 is 19.9 Å². The number of nitrogens with one attached hydrogen (secondary N) is 1. The average molecular weight is 423 g/mol. The van der Waals surface area contributed by atoms with Gasteiger partial charge in [-0.25, -0.2) is 4.98 Å². The Balaban J connectivity index is 1.33. The van der Waals surface area contributed by atoms with Gasteiger partial charge in [0.25, 0.3) is 0 Å². The predicted molar refractivity (Wildman–Crippen MR) is 128 cm³/mol. The lowest BCUT2D eigenvalue weighted by atomic mass is 10.0. The molecule has 2 aliphatic heterocycles. The van der Waals surface area contributed by atoms with Crippen molar-refractivity contribution >= 4 is 16.7 Å². The summed E-state index contributed by atoms with van der Waals surface area (Å²) >= 11 is 0. The molecule has 0 saturated carbocycles. The van der Waals surface area contributed by atoms with Crippen LogP contribution in [-0.2, 0) is 12.8 Å². The summed E-state index contributed by atoms with van der Waals surface area (Å²) in [6.45, 7) is 8.98. The second kappa shape index (κ2) is 9.33. The first kappa shape index (κ1) is 21.0. The number of piperidine rings is 1. The highest BCUT2D eigenvalue weighted by atomic mass is 16.5. The van der Waals surface area contributed by atoms with Crippen molar-refractivity contribution in [2.24, 2.45) is 0 Å². The van der Waals surface area contributed by atoms with Gasteiger partial charge in [-0.1, -0.05) is 0 Å². The molecule has 1 aromatic carbocycles. The fourth-order valence-electron chi connectivity index (χ4n) is 5.60. The first-order valence-electron chi connectivity index (χ1n) is 12.4. The van der Waals surface area contributed by atoms with E-state index in [9.17, 15) is 0 Å². The molecule has 0 radical (unpaired) electrons. The standard InChI is InChI=1S/C26H38N4O/c1-19-17-23-21-7-5-8-22(21)26(27-20-9-14-29(2)15-10-20)28-24(23)18-25(19)31-16-6-13-30-11-3-4-12-30/h17-18,20H,3-16H2,1-2H3,(H,27,28). The van der Waals surface area contributed by atoms with E-state index in [0.717, 1.165) is 43.1 Å². The highest BCUT2D eigenvalue weighted by Gasteiger charge is 2.24. The lowest BCUT2D eigenvalue weighted by molar-refractivity contribution is 0.262. The third-order valence-electron chi connectivity index (χ3n) is 7.49. The third-order valence-corrected chi connectivity index (χ3v) is 7.49. The van der Waals surface area contributed by atoms with Crippen LogP contribution in [-0.4, -0.2) is 67.2 Å². The normalized spacial score (nSPS) is 20.5. The largest absolute Gasteiger partial charge is 0.493 e. The highest BCUT2D eigenvalue weighted by molar-refractivity contribution is 5.88. The average Bonchev–Trinajstić information content (AvgIpc) is 3.46. The van der Waals surface area contributed by atoms with Gasteiger partial charge in [0.05, 0.1) is 12.1 Å². The number of aryl methyl sites for hydroxylation is 2. The molecule has 2 saturated heterocycles. The maximum atomic E-state index is 6.23. The summed E-state index contributed by atoms with van der Waals surface area (Å²) in [5, 5.41) is 5.16. The molecule has 1 aliphatic carbocycles. The van der Waals surface area contributed by atoms with Crippen LogP contribution in [0.2, 0.25) is 0 Å². The van der Waals surface area contributed by atoms with Crippen molar-refractivity contribution in [3.05, 3.63) is 28.8 Å². The molecular weight excluding hydrogens is 384 g/mol. The number of nitrogens with zero attached hydrogens (tertiary/aromatic N) is 3. The monoisotopic (exact) mass is 422 g/mol. The van der Waals surface area contributed by atoms with Crippen LogP contribution in [0.25, 0.3) is 10.9 Å². The molecule has 168 valence electrons. The van der Waals surface area contributed by atoms with E-state index in [4.69, 9.17) is 9.72 Å². The Hall–Kier alpha value is -1.85. The van der Waals surface area contributed by atoms with Gasteiger partial charge in [-0.05, 0) is 114 Å². The number of anilines is 1. The van der Waals surface area contributed by atoms with Crippen LogP contribution in [0.1, 0.15) is 55.2 Å². The molecule has 5 heteroatoms. The van der Waals surface area contributed by atoms with Crippen LogP contribution >= 0.6 is 0 Å². The lowest BCUT2D eigenvalue weighted by Crippen LogP contribution is -2.37. The lowest BCUT2D eigenvalue weighted by Gasteiger charge is -2.30. The molecule has 0 spiro atoms. The van der Waals surface area contributed by atoms with Crippen LogP contribution in [0.5, 0.6) is 5.75 Å². The van der Waals surface area contributed by atoms with E-state index in [-0.39, 0.29) is 0 Å². The van der Waals surface area contributed by atoms with E-state index in [1.165, 1.54) is 86.8 Å². The second-order valence-electron chi connectivity index (χ2n) is 9.88. The van der Waals surface area contributed by atoms with E-state index in [2.05, 4.69) is 41.2 Å². The van der Waals surface area contributed by atoms with Crippen LogP contribution < -0.4 is 10.1 Å². The zero-order valence-corrected chi connectivity index (χ0v) is 19.4. The topological polar surface area (TPSA) is 40.6 Å². The van der Waals surface area contributed by atoms with Crippen LogP contribution in [0.15, 0.2) is 12.1 Å². The highest BCUT2D eigenvalue weighted by Crippen LogP contribution is 2.37. The van der Waals surface area contributed by atoms with Crippen LogP contribution in [0, 0.1) is 6.92 Å². The predicted octanol–water partition coefficient (Wildman–Crippen LogP) is 4.40. The number of aromatic nitrogens is 1. The summed E-state index contributed by atoms with van der Waals surface area (Å²) in [7, 11) is 2.22. The molecule has 0 amide bonds. The molecule has 0 atom stereocenters. The van der Waals surface area contributed by atoms with Crippen molar-refractivity contribution < 1.29 is 4.74 Å². The number of hydrogen-bond acceptors (Lipinski definition) is 5. The van der Waals surface area contributed by atoms with Gasteiger partial charge in [-0.2, -0.15) is 0 Å². The maximum absolute atomic E-state index is 6.23. The van der Waals surface area contributed by atoms with Crippen LogP contribution in [0.4, 0.5) is 5.82 Å². The molecule has 5 nitrogen and oxygen atoms in total. The van der Waals surface area contributed by atoms with Gasteiger partial charge in [-0.15, -0.1) is 0 Å². The van der Waals surface area contributed by atoms with Crippen molar-refractivity contribution in [1.82, 2.24) is 14.8 Å². The first-order chi connectivity index (χ1) is 15.2. The van der Waals surface area contributed by atoms with Gasteiger partial charge in [0.2, 0.25) is 0 Å². The fraction of sp³-hybridized carbons (Fsp3) is 0.654. The van der Waals surface area contributed by atoms with Gasteiger partial charge >= 0.3 is 0 Å². The Labute approximate surface area is 187 Å². The summed E-state index contributed by atoms with van der Waals surface area (Å²) in [5.41, 5.74) is 5.31. The van der Waals surface area contributed by atoms with E-state index in [1.807, 2.05) is 0 Å². The molecule has 5 rings (SSSR count). The molecule has 3 heterocycles. The number of rotatable bonds is 7. The molecular formula is C26H38N4O. The molecule has 3 aliphatic rings. The minimum absolute atomic E-state index is 0.539. The van der Waals surface area contributed by atoms with Gasteiger partial charge in [0, 0.05) is 24.0 Å². The summed E-state index contributed by atoms with van der Waals surface area (Å²) in [6.07, 6.45) is 9.77. The Morgan fingerprint density at radius 2 is 1.81 bits per heavy atom. The van der Waals surface area contributed by atoms with Crippen molar-refractivity contribution in [3.63, 3.8) is 0 Å². The minimum Gasteiger partial charge on any atom is -0.493 e. The summed E-state index contributed by atoms with van der Waals surface area (Å²) in [4.78, 5) is 10.1. The molecule has 1 aromatic heterocycles. The van der Waals surface area contributed by atoms with Crippen molar-refractivity contribution in [2.45, 2.75) is 64.3 Å². The van der Waals surface area contributed by atoms with E-state index >= 15 is 0 Å². The van der Waals surface area contributed by atoms with Gasteiger partial charge in [0.15, 0.2) is 0 Å². The second-order valence-corrected chi connectivity index (χ2v) is 9.88. The summed E-state index contributed by atoms with van der Waals surface area (Å²) < 4.78 is 6.23. The smallest absolute Gasteiger partial charge is 0.130 e. The number of ether oxygens (including phenoxy) is 1. The van der Waals surface area contributed by atoms with E-state index in [1.54, 1.807) is 0 Å². The van der Waals surface area contributed by atoms with Crippen molar-refractivity contribution in [1.29, 1.82) is 0 Å². The molecule has 0 unspecified atom stereocenters. The number of fused-ring (bicyclic) bond motifs is 3. The van der Waals surface area contributed by atoms with Gasteiger partial charge in [0.1, 0.15) is 11.6 Å². The fourth-order valence-corrected chi connectivity index (χ4v) is 5.60. The zero-order chi connectivity index (χ0) is 21.2. The number of benzene rings is 1. The SMILES string of the molecule is Cc1cc2c3c(c(NC4CCN(C)CC4)nc2cc1OCCCN1CCCC1)CCC3. The summed E-state index contributed by atoms with van der Waals surface area (Å²) in [6, 6.07) is 5.05. The Morgan fingerprint density at radius 1 is 1.03 bits per heavy atom. The van der Waals surface area contributed by atoms with E-state index < -0.39 is 0 Å². The molecule has 2 fully saturated rings. The molecule has 1 N–H and O–H groups in total. The van der Waals surface area contributed by atoms with Gasteiger partial charge in [-0.3, -0.25) is 0 Å². The third kappa shape index (κ3) is 4.68. The first-order valence-corrected chi connectivity index (χ1v) is 12.4. The minimum atomic E-state index is 0.539. The number of hydrogen-bond donors (Lipinski definition) is 1. The number of likely N-dealkylation sites (tertiary alicyclic amines) is 2. The Kier molecular flexibility index (Phi) is 6.33. The zero-order valence-electron chi connectivity index (χ0n) is 19.4. The molecule has 0 bridgehead atoms. The number of pyridine rings is 1.